The van der Waals surface area contributed by atoms with Crippen LogP contribution < -0.4 is 10.6 Å². The van der Waals surface area contributed by atoms with Gasteiger partial charge in [0.25, 0.3) is 0 Å². The van der Waals surface area contributed by atoms with E-state index < -0.39 is 0 Å². The molecule has 22 heavy (non-hydrogen) atoms. The summed E-state index contributed by atoms with van der Waals surface area (Å²) in [5.74, 6) is 0.417. The van der Waals surface area contributed by atoms with E-state index in [9.17, 15) is 9.50 Å². The van der Waals surface area contributed by atoms with Crippen molar-refractivity contribution in [3.63, 3.8) is 0 Å². The first-order chi connectivity index (χ1) is 10.7. The van der Waals surface area contributed by atoms with Crippen molar-refractivity contribution in [2.24, 2.45) is 10.4 Å². The van der Waals surface area contributed by atoms with Crippen molar-refractivity contribution in [1.29, 1.82) is 0 Å². The van der Waals surface area contributed by atoms with Crippen molar-refractivity contribution in [2.45, 2.75) is 19.4 Å². The van der Waals surface area contributed by atoms with Gasteiger partial charge in [0, 0.05) is 38.8 Å². The topological polar surface area (TPSA) is 65.9 Å². The molecule has 1 atom stereocenters. The van der Waals surface area contributed by atoms with Crippen LogP contribution in [0.25, 0.3) is 0 Å². The Kier molecular flexibility index (Phi) is 6.15. The van der Waals surface area contributed by atoms with Crippen LogP contribution in [0.5, 0.6) is 0 Å². The van der Waals surface area contributed by atoms with Crippen molar-refractivity contribution >= 4 is 5.96 Å². The largest absolute Gasteiger partial charge is 0.396 e. The van der Waals surface area contributed by atoms with Gasteiger partial charge in [-0.25, -0.2) is 4.39 Å². The molecule has 1 saturated heterocycles. The molecule has 1 fully saturated rings. The van der Waals surface area contributed by atoms with Gasteiger partial charge in [-0.1, -0.05) is 12.1 Å². The van der Waals surface area contributed by atoms with Gasteiger partial charge in [-0.3, -0.25) is 4.99 Å². The number of nitrogens with one attached hydrogen (secondary N) is 2. The van der Waals surface area contributed by atoms with Gasteiger partial charge in [0.2, 0.25) is 0 Å². The third-order valence-electron chi connectivity index (χ3n) is 4.03. The van der Waals surface area contributed by atoms with E-state index in [0.29, 0.717) is 32.1 Å². The molecule has 1 aliphatic rings. The quantitative estimate of drug-likeness (QED) is 0.547. The summed E-state index contributed by atoms with van der Waals surface area (Å²) in [5, 5.41) is 15.7. The lowest BCUT2D eigenvalue weighted by molar-refractivity contribution is 0.127. The number of aliphatic hydroxyl groups excluding tert-OH is 1. The minimum absolute atomic E-state index is 0.0365. The zero-order chi connectivity index (χ0) is 15.8. The Morgan fingerprint density at radius 3 is 2.95 bits per heavy atom. The molecule has 1 unspecified atom stereocenters. The van der Waals surface area contributed by atoms with Gasteiger partial charge < -0.3 is 20.5 Å². The Morgan fingerprint density at radius 2 is 2.32 bits per heavy atom. The van der Waals surface area contributed by atoms with Crippen LogP contribution in [0.15, 0.2) is 29.3 Å². The van der Waals surface area contributed by atoms with Crippen molar-refractivity contribution < 1.29 is 14.2 Å². The maximum Gasteiger partial charge on any atom is 0.191 e. The molecule has 2 rings (SSSR count). The highest BCUT2D eigenvalue weighted by molar-refractivity contribution is 5.79. The Morgan fingerprint density at radius 1 is 1.45 bits per heavy atom. The van der Waals surface area contributed by atoms with Crippen LogP contribution in [0, 0.1) is 11.2 Å². The third kappa shape index (κ3) is 4.68. The zero-order valence-corrected chi connectivity index (χ0v) is 12.9. The van der Waals surface area contributed by atoms with Gasteiger partial charge >= 0.3 is 0 Å². The number of nitrogens with zero attached hydrogens (tertiary/aromatic N) is 1. The van der Waals surface area contributed by atoms with Crippen molar-refractivity contribution in [3.05, 3.63) is 35.6 Å². The van der Waals surface area contributed by atoms with Crippen LogP contribution in [0.2, 0.25) is 0 Å². The Hall–Kier alpha value is -1.66. The summed E-state index contributed by atoms with van der Waals surface area (Å²) in [7, 11) is 1.70. The number of aliphatic hydroxyl groups is 1. The molecule has 1 aliphatic heterocycles. The van der Waals surface area contributed by atoms with E-state index in [2.05, 4.69) is 15.6 Å². The van der Waals surface area contributed by atoms with Crippen LogP contribution in [-0.2, 0) is 11.3 Å². The molecule has 0 amide bonds. The molecule has 6 heteroatoms. The fourth-order valence-corrected chi connectivity index (χ4v) is 2.64. The van der Waals surface area contributed by atoms with Gasteiger partial charge in [0.15, 0.2) is 5.96 Å². The van der Waals surface area contributed by atoms with E-state index in [1.807, 2.05) is 6.07 Å². The van der Waals surface area contributed by atoms with E-state index in [1.54, 1.807) is 13.1 Å². The van der Waals surface area contributed by atoms with Gasteiger partial charge in [-0.05, 0) is 30.5 Å². The summed E-state index contributed by atoms with van der Waals surface area (Å²) >= 11 is 0. The molecule has 0 radical (unpaired) electrons. The molecule has 1 heterocycles. The summed E-state index contributed by atoms with van der Waals surface area (Å²) in [5.41, 5.74) is 0.822. The molecule has 1 aromatic carbocycles. The first-order valence-electron chi connectivity index (χ1n) is 7.55. The highest BCUT2D eigenvalue weighted by Gasteiger charge is 2.34. The van der Waals surface area contributed by atoms with Gasteiger partial charge in [-0.2, -0.15) is 0 Å². The summed E-state index contributed by atoms with van der Waals surface area (Å²) < 4.78 is 18.6. The van der Waals surface area contributed by atoms with Crippen LogP contribution >= 0.6 is 0 Å². The molecule has 0 bridgehead atoms. The lowest BCUT2D eigenvalue weighted by Gasteiger charge is -2.27. The summed E-state index contributed by atoms with van der Waals surface area (Å²) in [6, 6.07) is 6.48. The lowest BCUT2D eigenvalue weighted by atomic mass is 9.84. The normalized spacial score (nSPS) is 21.9. The van der Waals surface area contributed by atoms with E-state index >= 15 is 0 Å². The number of rotatable bonds is 6. The molecule has 122 valence electrons. The number of benzene rings is 1. The number of ether oxygens (including phenoxy) is 1. The van der Waals surface area contributed by atoms with Crippen molar-refractivity contribution in [1.82, 2.24) is 10.6 Å². The standard InChI is InChI=1S/C16H24FN3O2/c1-18-15(19-10-13-3-2-4-14(17)9-13)20-11-16(5-7-21)6-8-22-12-16/h2-4,9,21H,5-8,10-12H2,1H3,(H2,18,19,20). The Bertz CT molecular complexity index is 502. The molecule has 0 spiro atoms. The average Bonchev–Trinajstić information content (AvgIpc) is 2.97. The predicted octanol–water partition coefficient (Wildman–Crippen LogP) is 1.28. The van der Waals surface area contributed by atoms with E-state index in [1.165, 1.54) is 12.1 Å². The lowest BCUT2D eigenvalue weighted by Crippen LogP contribution is -2.44. The van der Waals surface area contributed by atoms with Gasteiger partial charge in [-0.15, -0.1) is 0 Å². The summed E-state index contributed by atoms with van der Waals surface area (Å²) in [4.78, 5) is 4.18. The minimum atomic E-state index is -0.243. The van der Waals surface area contributed by atoms with Crippen LogP contribution in [0.4, 0.5) is 4.39 Å². The second kappa shape index (κ2) is 8.10. The predicted molar refractivity (Wildman–Crippen MR) is 84.2 cm³/mol. The van der Waals surface area contributed by atoms with Crippen molar-refractivity contribution in [3.8, 4) is 0 Å². The van der Waals surface area contributed by atoms with Crippen LogP contribution in [-0.4, -0.2) is 44.5 Å². The second-order valence-corrected chi connectivity index (χ2v) is 5.69. The minimum Gasteiger partial charge on any atom is -0.396 e. The average molecular weight is 309 g/mol. The van der Waals surface area contributed by atoms with Crippen LogP contribution in [0.3, 0.4) is 0 Å². The summed E-state index contributed by atoms with van der Waals surface area (Å²) in [6.45, 7) is 2.73. The highest BCUT2D eigenvalue weighted by Crippen LogP contribution is 2.31. The molecule has 0 aliphatic carbocycles. The molecule has 5 nitrogen and oxygen atoms in total. The fraction of sp³-hybridized carbons (Fsp3) is 0.562. The number of guanidine groups is 1. The monoisotopic (exact) mass is 309 g/mol. The smallest absolute Gasteiger partial charge is 0.191 e. The number of hydrogen-bond acceptors (Lipinski definition) is 3. The first kappa shape index (κ1) is 16.7. The summed E-state index contributed by atoms with van der Waals surface area (Å²) in [6.07, 6.45) is 1.64. The molecule has 0 saturated carbocycles. The SMILES string of the molecule is CN=C(NCc1cccc(F)c1)NCC1(CCO)CCOC1. The van der Waals surface area contributed by atoms with E-state index in [0.717, 1.165) is 18.6 Å². The number of aliphatic imine (C=N–C) groups is 1. The van der Waals surface area contributed by atoms with Crippen LogP contribution in [0.1, 0.15) is 18.4 Å². The Balaban J connectivity index is 1.84. The van der Waals surface area contributed by atoms with Gasteiger partial charge in [0.1, 0.15) is 5.82 Å². The second-order valence-electron chi connectivity index (χ2n) is 5.69. The molecule has 0 aromatic heterocycles. The number of hydrogen-bond donors (Lipinski definition) is 3. The molecular weight excluding hydrogens is 285 g/mol. The van der Waals surface area contributed by atoms with E-state index in [-0.39, 0.29) is 17.8 Å². The zero-order valence-electron chi connectivity index (χ0n) is 12.9. The van der Waals surface area contributed by atoms with Gasteiger partial charge in [0.05, 0.1) is 6.61 Å². The number of halogens is 1. The molecular formula is C16H24FN3O2. The molecule has 1 aromatic rings. The highest BCUT2D eigenvalue weighted by atomic mass is 19.1. The maximum absolute atomic E-state index is 13.1. The van der Waals surface area contributed by atoms with E-state index in [4.69, 9.17) is 4.74 Å². The first-order valence-corrected chi connectivity index (χ1v) is 7.55. The maximum atomic E-state index is 13.1. The molecule has 3 N–H and O–H groups in total. The third-order valence-corrected chi connectivity index (χ3v) is 4.03. The Labute approximate surface area is 130 Å². The fourth-order valence-electron chi connectivity index (χ4n) is 2.64. The van der Waals surface area contributed by atoms with Crippen molar-refractivity contribution in [2.75, 3.05) is 33.4 Å².